The fraction of sp³-hybridized carbons (Fsp3) is 0.231. The Morgan fingerprint density at radius 1 is 0.750 bits per heavy atom. The number of hydrogen-bond acceptors (Lipinski definition) is 3. The van der Waals surface area contributed by atoms with E-state index in [2.05, 4.69) is 0 Å². The number of hydrogen-bond donors (Lipinski definition) is 0. The van der Waals surface area contributed by atoms with Gasteiger partial charge in [-0.1, -0.05) is 54.6 Å². The summed E-state index contributed by atoms with van der Waals surface area (Å²) in [6.07, 6.45) is -4.56. The molecule has 0 aliphatic carbocycles. The molecule has 0 aromatic heterocycles. The molecule has 0 heterocycles. The van der Waals surface area contributed by atoms with Gasteiger partial charge < -0.3 is 14.4 Å². The molecular weight excluding hydrogens is 415 g/mol. The van der Waals surface area contributed by atoms with Crippen molar-refractivity contribution in [3.05, 3.63) is 95.6 Å². The van der Waals surface area contributed by atoms with E-state index in [0.29, 0.717) is 29.2 Å². The van der Waals surface area contributed by atoms with E-state index in [0.717, 1.165) is 6.54 Å². The van der Waals surface area contributed by atoms with Crippen LogP contribution in [0.4, 0.5) is 13.2 Å². The molecule has 0 radical (unpaired) electrons. The van der Waals surface area contributed by atoms with Gasteiger partial charge in [-0.25, -0.2) is 0 Å². The predicted molar refractivity (Wildman–Crippen MR) is 122 cm³/mol. The highest BCUT2D eigenvalue weighted by molar-refractivity contribution is 6.00. The standard InChI is InChI=1S/C26H26F3NO2/c1-30(2)17-18-32-23-15-11-20(12-16-23)24(19-9-13-22(31-3)14-10-19)25(26(27,28)29)21-7-5-4-6-8-21/h4-16H,17-18H2,1-3H3/b25-24-. The van der Waals surface area contributed by atoms with Gasteiger partial charge in [-0.2, -0.15) is 13.2 Å². The maximum absolute atomic E-state index is 14.4. The summed E-state index contributed by atoms with van der Waals surface area (Å²) < 4.78 is 54.0. The molecule has 0 amide bonds. The van der Waals surface area contributed by atoms with Crippen LogP contribution in [-0.2, 0) is 0 Å². The number of alkyl halides is 3. The third kappa shape index (κ3) is 5.92. The molecule has 0 saturated heterocycles. The van der Waals surface area contributed by atoms with Gasteiger partial charge in [0.2, 0.25) is 0 Å². The molecule has 0 bridgehead atoms. The Bertz CT molecular complexity index is 1030. The zero-order valence-corrected chi connectivity index (χ0v) is 18.3. The third-order valence-electron chi connectivity index (χ3n) is 4.92. The molecule has 0 saturated carbocycles. The van der Waals surface area contributed by atoms with Gasteiger partial charge in [-0.15, -0.1) is 0 Å². The van der Waals surface area contributed by atoms with Crippen molar-refractivity contribution in [3.63, 3.8) is 0 Å². The highest BCUT2D eigenvalue weighted by Gasteiger charge is 2.38. The molecule has 3 aromatic carbocycles. The van der Waals surface area contributed by atoms with E-state index in [4.69, 9.17) is 9.47 Å². The van der Waals surface area contributed by atoms with Crippen LogP contribution >= 0.6 is 0 Å². The zero-order chi connectivity index (χ0) is 23.1. The van der Waals surface area contributed by atoms with Crippen molar-refractivity contribution in [1.82, 2.24) is 4.90 Å². The number of allylic oxidation sites excluding steroid dienone is 1. The summed E-state index contributed by atoms with van der Waals surface area (Å²) in [4.78, 5) is 1.99. The number of rotatable bonds is 8. The van der Waals surface area contributed by atoms with Gasteiger partial charge in [-0.3, -0.25) is 0 Å². The molecule has 0 aliphatic rings. The first-order chi connectivity index (χ1) is 15.3. The highest BCUT2D eigenvalue weighted by Crippen LogP contribution is 2.43. The maximum Gasteiger partial charge on any atom is 0.417 e. The SMILES string of the molecule is COc1ccc(/C(=C(\c2ccccc2)C(F)(F)F)c2ccc(OCCN(C)C)cc2)cc1. The second-order valence-electron chi connectivity index (χ2n) is 7.52. The average molecular weight is 441 g/mol. The molecule has 3 rings (SSSR count). The van der Waals surface area contributed by atoms with Gasteiger partial charge in [0.25, 0.3) is 0 Å². The lowest BCUT2D eigenvalue weighted by Gasteiger charge is -2.20. The van der Waals surface area contributed by atoms with Crippen molar-refractivity contribution < 1.29 is 22.6 Å². The molecule has 0 N–H and O–H groups in total. The molecule has 0 aliphatic heterocycles. The van der Waals surface area contributed by atoms with E-state index >= 15 is 0 Å². The van der Waals surface area contributed by atoms with Gasteiger partial charge in [-0.05, 0) is 55.1 Å². The molecule has 168 valence electrons. The minimum absolute atomic E-state index is 0.103. The van der Waals surface area contributed by atoms with Crippen LogP contribution in [0, 0.1) is 0 Å². The Hall–Kier alpha value is -3.25. The van der Waals surface area contributed by atoms with E-state index in [9.17, 15) is 13.2 Å². The lowest BCUT2D eigenvalue weighted by molar-refractivity contribution is -0.0685. The third-order valence-corrected chi connectivity index (χ3v) is 4.92. The summed E-state index contributed by atoms with van der Waals surface area (Å²) in [6, 6.07) is 21.2. The fourth-order valence-corrected chi connectivity index (χ4v) is 3.33. The molecule has 3 aromatic rings. The molecular formula is C26H26F3NO2. The van der Waals surface area contributed by atoms with Crippen LogP contribution < -0.4 is 9.47 Å². The minimum atomic E-state index is -4.56. The minimum Gasteiger partial charge on any atom is -0.497 e. The van der Waals surface area contributed by atoms with Gasteiger partial charge in [0, 0.05) is 12.1 Å². The second kappa shape index (κ2) is 10.4. The van der Waals surface area contributed by atoms with Crippen molar-refractivity contribution in [2.75, 3.05) is 34.4 Å². The Morgan fingerprint density at radius 2 is 1.28 bits per heavy atom. The van der Waals surface area contributed by atoms with Crippen LogP contribution in [0.1, 0.15) is 16.7 Å². The van der Waals surface area contributed by atoms with E-state index in [-0.39, 0.29) is 11.1 Å². The molecule has 0 spiro atoms. The van der Waals surface area contributed by atoms with E-state index < -0.39 is 11.7 Å². The van der Waals surface area contributed by atoms with Crippen LogP contribution in [0.15, 0.2) is 78.9 Å². The van der Waals surface area contributed by atoms with Gasteiger partial charge in [0.1, 0.15) is 18.1 Å². The van der Waals surface area contributed by atoms with E-state index in [1.54, 1.807) is 66.7 Å². The van der Waals surface area contributed by atoms with Crippen LogP contribution in [0.5, 0.6) is 11.5 Å². The Morgan fingerprint density at radius 3 is 1.75 bits per heavy atom. The summed E-state index contributed by atoms with van der Waals surface area (Å²) in [5, 5.41) is 0. The number of ether oxygens (including phenoxy) is 2. The number of methoxy groups -OCH3 is 1. The molecule has 0 unspecified atom stereocenters. The summed E-state index contributed by atoms with van der Waals surface area (Å²) in [5.41, 5.74) is 0.419. The van der Waals surface area contributed by atoms with Crippen molar-refractivity contribution in [2.24, 2.45) is 0 Å². The van der Waals surface area contributed by atoms with Gasteiger partial charge in [0.15, 0.2) is 0 Å². The first-order valence-corrected chi connectivity index (χ1v) is 10.2. The molecule has 0 atom stereocenters. The normalized spacial score (nSPS) is 12.5. The van der Waals surface area contributed by atoms with Crippen LogP contribution in [-0.4, -0.2) is 45.4 Å². The van der Waals surface area contributed by atoms with Gasteiger partial charge >= 0.3 is 6.18 Å². The summed E-state index contributed by atoms with van der Waals surface area (Å²) in [5.74, 6) is 1.18. The topological polar surface area (TPSA) is 21.7 Å². The predicted octanol–water partition coefficient (Wildman–Crippen LogP) is 6.16. The molecule has 32 heavy (non-hydrogen) atoms. The summed E-state index contributed by atoms with van der Waals surface area (Å²) >= 11 is 0. The average Bonchev–Trinajstić information content (AvgIpc) is 2.78. The molecule has 3 nitrogen and oxygen atoms in total. The van der Waals surface area contributed by atoms with Crippen LogP contribution in [0.25, 0.3) is 11.1 Å². The lowest BCUT2D eigenvalue weighted by atomic mass is 9.89. The molecule has 6 heteroatoms. The Kier molecular flexibility index (Phi) is 7.59. The van der Waals surface area contributed by atoms with E-state index in [1.165, 1.54) is 19.2 Å². The number of nitrogens with zero attached hydrogens (tertiary/aromatic N) is 1. The second-order valence-corrected chi connectivity index (χ2v) is 7.52. The fourth-order valence-electron chi connectivity index (χ4n) is 3.33. The summed E-state index contributed by atoms with van der Waals surface area (Å²) in [7, 11) is 5.41. The van der Waals surface area contributed by atoms with Crippen LogP contribution in [0.3, 0.4) is 0 Å². The van der Waals surface area contributed by atoms with Crippen molar-refractivity contribution in [1.29, 1.82) is 0 Å². The quantitative estimate of drug-likeness (QED) is 0.391. The van der Waals surface area contributed by atoms with Crippen molar-refractivity contribution in [2.45, 2.75) is 6.18 Å². The van der Waals surface area contributed by atoms with Crippen molar-refractivity contribution in [3.8, 4) is 11.5 Å². The van der Waals surface area contributed by atoms with Gasteiger partial charge in [0.05, 0.1) is 12.7 Å². The maximum atomic E-state index is 14.4. The largest absolute Gasteiger partial charge is 0.497 e. The zero-order valence-electron chi connectivity index (χ0n) is 18.3. The Balaban J connectivity index is 2.13. The first-order valence-electron chi connectivity index (χ1n) is 10.2. The van der Waals surface area contributed by atoms with Crippen molar-refractivity contribution >= 4 is 11.1 Å². The molecule has 0 fully saturated rings. The number of likely N-dealkylation sites (N-methyl/N-ethyl adjacent to an activating group) is 1. The summed E-state index contributed by atoms with van der Waals surface area (Å²) in [6.45, 7) is 1.23. The smallest absolute Gasteiger partial charge is 0.417 e. The highest BCUT2D eigenvalue weighted by atomic mass is 19.4. The monoisotopic (exact) mass is 441 g/mol. The number of benzene rings is 3. The number of halogens is 3. The lowest BCUT2D eigenvalue weighted by Crippen LogP contribution is -2.19. The first kappa shape index (κ1) is 23.4. The van der Waals surface area contributed by atoms with E-state index in [1.807, 2.05) is 19.0 Å². The van der Waals surface area contributed by atoms with Crippen LogP contribution in [0.2, 0.25) is 0 Å². The Labute approximate surface area is 186 Å².